The lowest BCUT2D eigenvalue weighted by Crippen LogP contribution is -2.46. The minimum atomic E-state index is 0.304. The quantitative estimate of drug-likeness (QED) is 0.789. The number of para-hydroxylation sites is 2. The van der Waals surface area contributed by atoms with E-state index >= 15 is 0 Å². The summed E-state index contributed by atoms with van der Waals surface area (Å²) in [7, 11) is 0. The van der Waals surface area contributed by atoms with E-state index in [1.54, 1.807) is 12.1 Å². The number of nitrogens with zero attached hydrogens (tertiary/aromatic N) is 4. The van der Waals surface area contributed by atoms with E-state index in [0.717, 1.165) is 48.7 Å². The molecule has 116 valence electrons. The minimum absolute atomic E-state index is 0.304. The fourth-order valence-electron chi connectivity index (χ4n) is 2.96. The van der Waals surface area contributed by atoms with Crippen molar-refractivity contribution in [2.45, 2.75) is 0 Å². The molecule has 0 aliphatic carbocycles. The first-order chi connectivity index (χ1) is 11.3. The Morgan fingerprint density at radius 2 is 1.43 bits per heavy atom. The number of anilines is 2. The summed E-state index contributed by atoms with van der Waals surface area (Å²) in [5.41, 5.74) is 3.01. The van der Waals surface area contributed by atoms with Crippen LogP contribution in [0.1, 0.15) is 0 Å². The summed E-state index contributed by atoms with van der Waals surface area (Å²) in [6.45, 7) is 3.68. The Morgan fingerprint density at radius 1 is 0.783 bits per heavy atom. The van der Waals surface area contributed by atoms with Gasteiger partial charge in [0.1, 0.15) is 11.6 Å². The van der Waals surface area contributed by atoms with Crippen molar-refractivity contribution in [2.24, 2.45) is 0 Å². The molecule has 2 heterocycles. The molecule has 1 saturated heterocycles. The zero-order valence-corrected chi connectivity index (χ0v) is 12.8. The zero-order valence-electron chi connectivity index (χ0n) is 12.8. The molecular weight excluding hydrogens is 288 g/mol. The summed E-state index contributed by atoms with van der Waals surface area (Å²) < 4.78 is 0. The largest absolute Gasteiger partial charge is 0.508 e. The topological polar surface area (TPSA) is 52.5 Å². The van der Waals surface area contributed by atoms with E-state index in [1.165, 1.54) is 0 Å². The third-order valence-corrected chi connectivity index (χ3v) is 4.25. The number of aromatic nitrogens is 2. The normalized spacial score (nSPS) is 15.1. The third kappa shape index (κ3) is 2.77. The molecule has 1 N–H and O–H groups in total. The highest BCUT2D eigenvalue weighted by Gasteiger charge is 2.18. The molecule has 1 aliphatic rings. The van der Waals surface area contributed by atoms with Crippen LogP contribution in [0.15, 0.2) is 54.7 Å². The molecule has 0 unspecified atom stereocenters. The van der Waals surface area contributed by atoms with Gasteiger partial charge in [-0.3, -0.25) is 4.98 Å². The number of benzene rings is 2. The van der Waals surface area contributed by atoms with E-state index in [9.17, 15) is 5.11 Å². The van der Waals surface area contributed by atoms with E-state index in [1.807, 2.05) is 42.6 Å². The second kappa shape index (κ2) is 5.76. The molecule has 0 radical (unpaired) electrons. The Bertz CT molecular complexity index is 811. The highest BCUT2D eigenvalue weighted by atomic mass is 16.3. The molecule has 0 atom stereocenters. The number of hydrogen-bond acceptors (Lipinski definition) is 5. The molecule has 3 aromatic rings. The van der Waals surface area contributed by atoms with Crippen molar-refractivity contribution >= 4 is 22.5 Å². The lowest BCUT2D eigenvalue weighted by molar-refractivity contribution is 0.475. The molecule has 5 nitrogen and oxygen atoms in total. The van der Waals surface area contributed by atoms with Gasteiger partial charge in [-0.1, -0.05) is 12.1 Å². The number of phenols is 1. The van der Waals surface area contributed by atoms with Crippen LogP contribution in [0.25, 0.3) is 11.0 Å². The van der Waals surface area contributed by atoms with Crippen LogP contribution >= 0.6 is 0 Å². The first-order valence-corrected chi connectivity index (χ1v) is 7.80. The van der Waals surface area contributed by atoms with Gasteiger partial charge in [-0.15, -0.1) is 0 Å². The Labute approximate surface area is 134 Å². The molecule has 5 heteroatoms. The SMILES string of the molecule is Oc1ccc(N2CCN(c3cnc4ccccc4n3)CC2)cc1. The summed E-state index contributed by atoms with van der Waals surface area (Å²) in [5.74, 6) is 1.24. The molecular formula is C18H18N4O. The van der Waals surface area contributed by atoms with Crippen LogP contribution in [-0.4, -0.2) is 41.3 Å². The molecule has 0 saturated carbocycles. The monoisotopic (exact) mass is 306 g/mol. The summed E-state index contributed by atoms with van der Waals surface area (Å²) in [5, 5.41) is 9.39. The van der Waals surface area contributed by atoms with Crippen LogP contribution in [0.3, 0.4) is 0 Å². The molecule has 2 aromatic carbocycles. The lowest BCUT2D eigenvalue weighted by atomic mass is 10.2. The maximum Gasteiger partial charge on any atom is 0.147 e. The van der Waals surface area contributed by atoms with E-state index in [2.05, 4.69) is 14.8 Å². The summed E-state index contributed by atoms with van der Waals surface area (Å²) >= 11 is 0. The number of aromatic hydroxyl groups is 1. The molecule has 0 spiro atoms. The third-order valence-electron chi connectivity index (χ3n) is 4.25. The van der Waals surface area contributed by atoms with Crippen LogP contribution in [-0.2, 0) is 0 Å². The van der Waals surface area contributed by atoms with Crippen LogP contribution in [0.2, 0.25) is 0 Å². The Kier molecular flexibility index (Phi) is 3.46. The van der Waals surface area contributed by atoms with Crippen molar-refractivity contribution in [3.8, 4) is 5.75 Å². The van der Waals surface area contributed by atoms with Crippen molar-refractivity contribution in [3.05, 3.63) is 54.7 Å². The number of rotatable bonds is 2. The fourth-order valence-corrected chi connectivity index (χ4v) is 2.96. The summed E-state index contributed by atoms with van der Waals surface area (Å²) in [6, 6.07) is 15.3. The molecule has 0 bridgehead atoms. The number of phenolic OH excluding ortho intramolecular Hbond substituents is 1. The van der Waals surface area contributed by atoms with Gasteiger partial charge in [-0.2, -0.15) is 0 Å². The molecule has 4 rings (SSSR count). The Balaban J connectivity index is 1.49. The smallest absolute Gasteiger partial charge is 0.147 e. The van der Waals surface area contributed by atoms with E-state index in [-0.39, 0.29) is 0 Å². The van der Waals surface area contributed by atoms with Crippen LogP contribution in [0, 0.1) is 0 Å². The molecule has 23 heavy (non-hydrogen) atoms. The van der Waals surface area contributed by atoms with Crippen molar-refractivity contribution in [2.75, 3.05) is 36.0 Å². The second-order valence-corrected chi connectivity index (χ2v) is 5.71. The highest BCUT2D eigenvalue weighted by Crippen LogP contribution is 2.22. The Hall–Kier alpha value is -2.82. The Morgan fingerprint density at radius 3 is 2.17 bits per heavy atom. The van der Waals surface area contributed by atoms with Crippen LogP contribution in [0.5, 0.6) is 5.75 Å². The number of fused-ring (bicyclic) bond motifs is 1. The molecule has 1 aliphatic heterocycles. The van der Waals surface area contributed by atoms with Gasteiger partial charge in [0, 0.05) is 31.9 Å². The summed E-state index contributed by atoms with van der Waals surface area (Å²) in [6.07, 6.45) is 1.86. The van der Waals surface area contributed by atoms with Gasteiger partial charge in [0.25, 0.3) is 0 Å². The number of hydrogen-bond donors (Lipinski definition) is 1. The van der Waals surface area contributed by atoms with Crippen molar-refractivity contribution < 1.29 is 5.11 Å². The second-order valence-electron chi connectivity index (χ2n) is 5.71. The van der Waals surface area contributed by atoms with Gasteiger partial charge in [-0.25, -0.2) is 4.98 Å². The molecule has 0 amide bonds. The average Bonchev–Trinajstić information content (AvgIpc) is 2.62. The predicted molar refractivity (Wildman–Crippen MR) is 92.1 cm³/mol. The van der Waals surface area contributed by atoms with E-state index in [0.29, 0.717) is 5.75 Å². The first-order valence-electron chi connectivity index (χ1n) is 7.80. The predicted octanol–water partition coefficient (Wildman–Crippen LogP) is 2.66. The lowest BCUT2D eigenvalue weighted by Gasteiger charge is -2.36. The average molecular weight is 306 g/mol. The van der Waals surface area contributed by atoms with Crippen LogP contribution in [0.4, 0.5) is 11.5 Å². The van der Waals surface area contributed by atoms with Gasteiger partial charge in [0.15, 0.2) is 0 Å². The standard InChI is InChI=1S/C18H18N4O/c23-15-7-5-14(6-8-15)21-9-11-22(12-10-21)18-13-19-16-3-1-2-4-17(16)20-18/h1-8,13,23H,9-12H2. The van der Waals surface area contributed by atoms with Crippen molar-refractivity contribution in [1.82, 2.24) is 9.97 Å². The minimum Gasteiger partial charge on any atom is -0.508 e. The van der Waals surface area contributed by atoms with Gasteiger partial charge in [0.2, 0.25) is 0 Å². The van der Waals surface area contributed by atoms with Gasteiger partial charge >= 0.3 is 0 Å². The number of piperazine rings is 1. The molecule has 1 aromatic heterocycles. The molecule has 1 fully saturated rings. The highest BCUT2D eigenvalue weighted by molar-refractivity contribution is 5.75. The maximum atomic E-state index is 9.39. The summed E-state index contributed by atoms with van der Waals surface area (Å²) in [4.78, 5) is 13.8. The van der Waals surface area contributed by atoms with Crippen LogP contribution < -0.4 is 9.80 Å². The van der Waals surface area contributed by atoms with E-state index in [4.69, 9.17) is 4.98 Å². The van der Waals surface area contributed by atoms with Gasteiger partial charge in [0.05, 0.1) is 17.2 Å². The van der Waals surface area contributed by atoms with E-state index < -0.39 is 0 Å². The van der Waals surface area contributed by atoms with Crippen molar-refractivity contribution in [3.63, 3.8) is 0 Å². The van der Waals surface area contributed by atoms with Gasteiger partial charge < -0.3 is 14.9 Å². The van der Waals surface area contributed by atoms with Crippen molar-refractivity contribution in [1.29, 1.82) is 0 Å². The fraction of sp³-hybridized carbons (Fsp3) is 0.222. The first kappa shape index (κ1) is 13.8. The maximum absolute atomic E-state index is 9.39. The van der Waals surface area contributed by atoms with Gasteiger partial charge in [-0.05, 0) is 36.4 Å². The zero-order chi connectivity index (χ0) is 15.6.